The number of hydrogen-bond acceptors (Lipinski definition) is 4. The molecule has 144 valence electrons. The predicted molar refractivity (Wildman–Crippen MR) is 108 cm³/mol. The molecule has 0 unspecified atom stereocenters. The summed E-state index contributed by atoms with van der Waals surface area (Å²) >= 11 is 1.42. The van der Waals surface area contributed by atoms with Gasteiger partial charge in [-0.1, -0.05) is 30.3 Å². The van der Waals surface area contributed by atoms with Gasteiger partial charge in [0.2, 0.25) is 5.91 Å². The van der Waals surface area contributed by atoms with E-state index in [0.717, 1.165) is 17.5 Å². The van der Waals surface area contributed by atoms with E-state index in [9.17, 15) is 9.59 Å². The van der Waals surface area contributed by atoms with Crippen LogP contribution < -0.4 is 5.32 Å². The summed E-state index contributed by atoms with van der Waals surface area (Å²) < 4.78 is 2.00. The highest BCUT2D eigenvalue weighted by Gasteiger charge is 2.34. The maximum Gasteiger partial charge on any atom is 0.264 e. The van der Waals surface area contributed by atoms with Crippen LogP contribution in [0.2, 0.25) is 0 Å². The number of amides is 2. The molecule has 0 spiro atoms. The van der Waals surface area contributed by atoms with Gasteiger partial charge in [-0.25, -0.2) is 4.98 Å². The molecule has 0 radical (unpaired) electrons. The normalized spacial score (nSPS) is 16.3. The first kappa shape index (κ1) is 18.4. The molecule has 0 saturated carbocycles. The predicted octanol–water partition coefficient (Wildman–Crippen LogP) is 2.91. The van der Waals surface area contributed by atoms with Crippen LogP contribution in [-0.2, 0) is 17.9 Å². The van der Waals surface area contributed by atoms with E-state index in [1.807, 2.05) is 46.5 Å². The highest BCUT2D eigenvalue weighted by molar-refractivity contribution is 7.12. The third-order valence-electron chi connectivity index (χ3n) is 5.03. The fourth-order valence-corrected chi connectivity index (χ4v) is 4.26. The highest BCUT2D eigenvalue weighted by atomic mass is 32.1. The molecular weight excluding hydrogens is 372 g/mol. The first-order valence-electron chi connectivity index (χ1n) is 9.37. The molecule has 1 aliphatic rings. The van der Waals surface area contributed by atoms with Crippen molar-refractivity contribution in [1.82, 2.24) is 19.8 Å². The summed E-state index contributed by atoms with van der Waals surface area (Å²) in [5, 5.41) is 4.92. The molecule has 2 amide bonds. The van der Waals surface area contributed by atoms with Gasteiger partial charge in [0.1, 0.15) is 6.04 Å². The van der Waals surface area contributed by atoms with Crippen molar-refractivity contribution in [2.24, 2.45) is 0 Å². The molecule has 1 aromatic carbocycles. The number of imidazole rings is 1. The lowest BCUT2D eigenvalue weighted by Crippen LogP contribution is -2.45. The Balaban J connectivity index is 1.41. The second kappa shape index (κ2) is 8.39. The summed E-state index contributed by atoms with van der Waals surface area (Å²) in [5.74, 6) is -0.131. The zero-order valence-corrected chi connectivity index (χ0v) is 16.3. The minimum atomic E-state index is -0.393. The van der Waals surface area contributed by atoms with Crippen LogP contribution in [-0.4, -0.2) is 38.9 Å². The van der Waals surface area contributed by atoms with E-state index in [2.05, 4.69) is 16.4 Å². The van der Waals surface area contributed by atoms with E-state index in [4.69, 9.17) is 0 Å². The van der Waals surface area contributed by atoms with Crippen LogP contribution in [0, 0.1) is 0 Å². The monoisotopic (exact) mass is 394 g/mol. The van der Waals surface area contributed by atoms with E-state index in [0.29, 0.717) is 30.9 Å². The lowest BCUT2D eigenvalue weighted by Gasteiger charge is -2.23. The first-order chi connectivity index (χ1) is 13.7. The molecule has 3 aromatic rings. The Labute approximate surface area is 167 Å². The molecular formula is C21H22N4O2S. The zero-order valence-electron chi connectivity index (χ0n) is 15.5. The molecule has 0 aliphatic carbocycles. The molecule has 1 N–H and O–H groups in total. The van der Waals surface area contributed by atoms with Gasteiger partial charge in [-0.2, -0.15) is 0 Å². The van der Waals surface area contributed by atoms with Crippen LogP contribution in [0.15, 0.2) is 60.5 Å². The summed E-state index contributed by atoms with van der Waals surface area (Å²) in [7, 11) is 0. The maximum atomic E-state index is 12.8. The molecule has 1 saturated heterocycles. The topological polar surface area (TPSA) is 67.2 Å². The average Bonchev–Trinajstić information content (AvgIpc) is 3.49. The Hall–Kier alpha value is -2.93. The maximum absolute atomic E-state index is 12.8. The SMILES string of the molecule is O=C(NCc1ccccc1Cn1ccnc1)[C@H]1CCCN1C(=O)c1cccs1. The molecule has 1 fully saturated rings. The van der Waals surface area contributed by atoms with Crippen molar-refractivity contribution in [1.29, 1.82) is 0 Å². The number of likely N-dealkylation sites (tertiary alicyclic amines) is 1. The zero-order chi connectivity index (χ0) is 19.3. The molecule has 4 rings (SSSR count). The Morgan fingerprint density at radius 1 is 1.18 bits per heavy atom. The van der Waals surface area contributed by atoms with Gasteiger partial charge in [0.25, 0.3) is 5.91 Å². The van der Waals surface area contributed by atoms with Gasteiger partial charge in [0, 0.05) is 32.0 Å². The summed E-state index contributed by atoms with van der Waals surface area (Å²) in [5.41, 5.74) is 2.21. The summed E-state index contributed by atoms with van der Waals surface area (Å²) in [4.78, 5) is 32.0. The number of aromatic nitrogens is 2. The number of thiophene rings is 1. The van der Waals surface area contributed by atoms with E-state index in [1.54, 1.807) is 17.4 Å². The van der Waals surface area contributed by atoms with Crippen molar-refractivity contribution in [3.8, 4) is 0 Å². The number of nitrogens with zero attached hydrogens (tertiary/aromatic N) is 3. The van der Waals surface area contributed by atoms with Crippen LogP contribution in [0.25, 0.3) is 0 Å². The van der Waals surface area contributed by atoms with Crippen molar-refractivity contribution < 1.29 is 9.59 Å². The molecule has 0 bridgehead atoms. The Morgan fingerprint density at radius 2 is 2.04 bits per heavy atom. The number of benzene rings is 1. The van der Waals surface area contributed by atoms with Crippen LogP contribution in [0.3, 0.4) is 0 Å². The summed E-state index contributed by atoms with van der Waals surface area (Å²) in [6.07, 6.45) is 7.01. The largest absolute Gasteiger partial charge is 0.350 e. The van der Waals surface area contributed by atoms with Gasteiger partial charge in [-0.15, -0.1) is 11.3 Å². The van der Waals surface area contributed by atoms with Crippen LogP contribution in [0.5, 0.6) is 0 Å². The Kier molecular flexibility index (Phi) is 5.53. The van der Waals surface area contributed by atoms with Crippen molar-refractivity contribution in [3.05, 3.63) is 76.5 Å². The second-order valence-electron chi connectivity index (χ2n) is 6.86. The molecule has 6 nitrogen and oxygen atoms in total. The van der Waals surface area contributed by atoms with E-state index < -0.39 is 6.04 Å². The Bertz CT molecular complexity index is 937. The fraction of sp³-hybridized carbons (Fsp3) is 0.286. The van der Waals surface area contributed by atoms with Gasteiger partial charge in [-0.3, -0.25) is 9.59 Å². The van der Waals surface area contributed by atoms with Crippen LogP contribution >= 0.6 is 11.3 Å². The quantitative estimate of drug-likeness (QED) is 0.699. The first-order valence-corrected chi connectivity index (χ1v) is 10.2. The number of carbonyl (C=O) groups excluding carboxylic acids is 2. The fourth-order valence-electron chi connectivity index (χ4n) is 3.59. The summed E-state index contributed by atoms with van der Waals surface area (Å²) in [6, 6.07) is 11.3. The second-order valence-corrected chi connectivity index (χ2v) is 7.80. The van der Waals surface area contributed by atoms with E-state index in [1.165, 1.54) is 11.3 Å². The van der Waals surface area contributed by atoms with Gasteiger partial charge in [0.15, 0.2) is 0 Å². The van der Waals surface area contributed by atoms with E-state index in [-0.39, 0.29) is 11.8 Å². The van der Waals surface area contributed by atoms with Crippen molar-refractivity contribution in [2.75, 3.05) is 6.54 Å². The van der Waals surface area contributed by atoms with Gasteiger partial charge in [-0.05, 0) is 35.4 Å². The molecule has 7 heteroatoms. The van der Waals surface area contributed by atoms with Crippen LogP contribution in [0.4, 0.5) is 0 Å². The third-order valence-corrected chi connectivity index (χ3v) is 5.89. The summed E-state index contributed by atoms with van der Waals surface area (Å²) in [6.45, 7) is 1.78. The lowest BCUT2D eigenvalue weighted by molar-refractivity contribution is -0.125. The number of nitrogens with one attached hydrogen (secondary N) is 1. The van der Waals surface area contributed by atoms with E-state index >= 15 is 0 Å². The van der Waals surface area contributed by atoms with Gasteiger partial charge < -0.3 is 14.8 Å². The molecule has 2 aromatic heterocycles. The van der Waals surface area contributed by atoms with Gasteiger partial charge in [0.05, 0.1) is 11.2 Å². The van der Waals surface area contributed by atoms with Crippen LogP contribution in [0.1, 0.15) is 33.6 Å². The molecule has 3 heterocycles. The van der Waals surface area contributed by atoms with Crippen molar-refractivity contribution >= 4 is 23.2 Å². The standard InChI is InChI=1S/C21H22N4O2S/c26-20(18-7-3-10-25(18)21(27)19-8-4-12-28-19)23-13-16-5-1-2-6-17(16)14-24-11-9-22-15-24/h1-2,4-6,8-9,11-12,15,18H,3,7,10,13-14H2,(H,23,26)/t18-/m1/s1. The van der Waals surface area contributed by atoms with Gasteiger partial charge >= 0.3 is 0 Å². The minimum absolute atomic E-state index is 0.0480. The number of rotatable bonds is 6. The lowest BCUT2D eigenvalue weighted by atomic mass is 10.1. The van der Waals surface area contributed by atoms with Crippen molar-refractivity contribution in [3.63, 3.8) is 0 Å². The molecule has 28 heavy (non-hydrogen) atoms. The third kappa shape index (κ3) is 3.99. The number of carbonyl (C=O) groups is 2. The minimum Gasteiger partial charge on any atom is -0.350 e. The van der Waals surface area contributed by atoms with Crippen molar-refractivity contribution in [2.45, 2.75) is 32.0 Å². The molecule has 1 aliphatic heterocycles. The highest BCUT2D eigenvalue weighted by Crippen LogP contribution is 2.22. The Morgan fingerprint density at radius 3 is 2.79 bits per heavy atom. The smallest absolute Gasteiger partial charge is 0.264 e. The number of hydrogen-bond donors (Lipinski definition) is 1. The average molecular weight is 395 g/mol. The molecule has 1 atom stereocenters.